The Bertz CT molecular complexity index is 689. The van der Waals surface area contributed by atoms with E-state index in [2.05, 4.69) is 15.6 Å². The van der Waals surface area contributed by atoms with Gasteiger partial charge in [-0.25, -0.2) is 9.78 Å². The van der Waals surface area contributed by atoms with Crippen LogP contribution in [-0.4, -0.2) is 48.1 Å². The van der Waals surface area contributed by atoms with Crippen LogP contribution in [0.3, 0.4) is 0 Å². The number of aromatic nitrogens is 2. The van der Waals surface area contributed by atoms with Gasteiger partial charge in [-0.3, -0.25) is 0 Å². The number of hydrogen-bond acceptors (Lipinski definition) is 4. The van der Waals surface area contributed by atoms with Gasteiger partial charge < -0.3 is 24.7 Å². The van der Waals surface area contributed by atoms with Crippen LogP contribution in [0.4, 0.5) is 4.79 Å². The summed E-state index contributed by atoms with van der Waals surface area (Å²) < 4.78 is 12.8. The Kier molecular flexibility index (Phi) is 5.67. The fraction of sp³-hybridized carbons (Fsp3) is 0.444. The SMILES string of the molecule is CO[C@@H]1CCOC[C@H]1NC(=O)NC(C)c1nccn1-c1ccccc1. The quantitative estimate of drug-likeness (QED) is 0.870. The van der Waals surface area contributed by atoms with Crippen LogP contribution >= 0.6 is 0 Å². The lowest BCUT2D eigenvalue weighted by Gasteiger charge is -2.31. The summed E-state index contributed by atoms with van der Waals surface area (Å²) in [5.41, 5.74) is 1.00. The second-order valence-electron chi connectivity index (χ2n) is 6.07. The van der Waals surface area contributed by atoms with Gasteiger partial charge in [-0.1, -0.05) is 18.2 Å². The predicted octanol–water partition coefficient (Wildman–Crippen LogP) is 2.04. The molecule has 7 nitrogen and oxygen atoms in total. The third-order valence-electron chi connectivity index (χ3n) is 4.35. The molecule has 3 atom stereocenters. The van der Waals surface area contributed by atoms with Gasteiger partial charge in [-0.2, -0.15) is 0 Å². The fourth-order valence-electron chi connectivity index (χ4n) is 3.05. The maximum atomic E-state index is 12.4. The average molecular weight is 344 g/mol. The van der Waals surface area contributed by atoms with E-state index in [1.807, 2.05) is 48.0 Å². The number of benzene rings is 1. The van der Waals surface area contributed by atoms with E-state index >= 15 is 0 Å². The molecule has 1 aliphatic heterocycles. The van der Waals surface area contributed by atoms with Crippen LogP contribution in [0.15, 0.2) is 42.7 Å². The van der Waals surface area contributed by atoms with Crippen LogP contribution in [0.1, 0.15) is 25.2 Å². The molecule has 25 heavy (non-hydrogen) atoms. The standard InChI is InChI=1S/C18H24N4O3/c1-13(17-19-9-10-22(17)14-6-4-3-5-7-14)20-18(23)21-15-12-25-11-8-16(15)24-2/h3-7,9-10,13,15-16H,8,11-12H2,1-2H3,(H2,20,21,23)/t13?,15-,16-/m1/s1. The van der Waals surface area contributed by atoms with E-state index in [1.165, 1.54) is 0 Å². The lowest BCUT2D eigenvalue weighted by molar-refractivity contribution is -0.0335. The van der Waals surface area contributed by atoms with Gasteiger partial charge in [0.1, 0.15) is 5.82 Å². The van der Waals surface area contributed by atoms with Gasteiger partial charge in [0.15, 0.2) is 0 Å². The second-order valence-corrected chi connectivity index (χ2v) is 6.07. The van der Waals surface area contributed by atoms with E-state index in [9.17, 15) is 4.79 Å². The van der Waals surface area contributed by atoms with Crippen molar-refractivity contribution >= 4 is 6.03 Å². The van der Waals surface area contributed by atoms with Gasteiger partial charge in [0.25, 0.3) is 0 Å². The molecule has 134 valence electrons. The second kappa shape index (κ2) is 8.13. The van der Waals surface area contributed by atoms with Crippen molar-refractivity contribution < 1.29 is 14.3 Å². The van der Waals surface area contributed by atoms with Gasteiger partial charge in [0.2, 0.25) is 0 Å². The summed E-state index contributed by atoms with van der Waals surface area (Å²) in [7, 11) is 1.65. The van der Waals surface area contributed by atoms with E-state index in [-0.39, 0.29) is 24.2 Å². The number of nitrogens with zero attached hydrogens (tertiary/aromatic N) is 2. The molecule has 0 spiro atoms. The molecule has 2 heterocycles. The summed E-state index contributed by atoms with van der Waals surface area (Å²) in [5.74, 6) is 0.768. The lowest BCUT2D eigenvalue weighted by Crippen LogP contribution is -2.53. The molecule has 0 saturated carbocycles. The normalized spacial score (nSPS) is 21.5. The Morgan fingerprint density at radius 1 is 1.40 bits per heavy atom. The van der Waals surface area contributed by atoms with E-state index in [0.29, 0.717) is 13.2 Å². The summed E-state index contributed by atoms with van der Waals surface area (Å²) in [6, 6.07) is 9.25. The zero-order chi connectivity index (χ0) is 17.6. The Hall–Kier alpha value is -2.38. The molecule has 1 saturated heterocycles. The van der Waals surface area contributed by atoms with Crippen molar-refractivity contribution in [3.05, 3.63) is 48.5 Å². The zero-order valence-electron chi connectivity index (χ0n) is 14.5. The van der Waals surface area contributed by atoms with Crippen LogP contribution < -0.4 is 10.6 Å². The number of rotatable bonds is 5. The van der Waals surface area contributed by atoms with Crippen molar-refractivity contribution in [3.8, 4) is 5.69 Å². The van der Waals surface area contributed by atoms with Crippen molar-refractivity contribution in [3.63, 3.8) is 0 Å². The molecule has 2 N–H and O–H groups in total. The lowest BCUT2D eigenvalue weighted by atomic mass is 10.1. The van der Waals surface area contributed by atoms with Crippen LogP contribution in [0.2, 0.25) is 0 Å². The maximum absolute atomic E-state index is 12.4. The number of amides is 2. The molecule has 0 radical (unpaired) electrons. The molecule has 1 aromatic carbocycles. The molecule has 2 amide bonds. The van der Waals surface area contributed by atoms with Crippen LogP contribution in [0, 0.1) is 0 Å². The minimum absolute atomic E-state index is 0.0267. The number of para-hydroxylation sites is 1. The minimum Gasteiger partial charge on any atom is -0.379 e. The minimum atomic E-state index is -0.257. The van der Waals surface area contributed by atoms with Gasteiger partial charge in [0.05, 0.1) is 24.8 Å². The Morgan fingerprint density at radius 2 is 2.20 bits per heavy atom. The number of nitrogens with one attached hydrogen (secondary N) is 2. The number of carbonyl (C=O) groups is 1. The molecule has 0 bridgehead atoms. The molecule has 1 unspecified atom stereocenters. The summed E-state index contributed by atoms with van der Waals surface area (Å²) in [6.07, 6.45) is 4.36. The van der Waals surface area contributed by atoms with Crippen molar-refractivity contribution in [2.75, 3.05) is 20.3 Å². The zero-order valence-corrected chi connectivity index (χ0v) is 14.5. The molecule has 3 rings (SSSR count). The van der Waals surface area contributed by atoms with Crippen molar-refractivity contribution in [2.24, 2.45) is 0 Å². The molecule has 1 aromatic heterocycles. The topological polar surface area (TPSA) is 77.4 Å². The fourth-order valence-corrected chi connectivity index (χ4v) is 3.05. The summed E-state index contributed by atoms with van der Waals surface area (Å²) in [5, 5.41) is 5.87. The highest BCUT2D eigenvalue weighted by atomic mass is 16.5. The molecular weight excluding hydrogens is 320 g/mol. The molecular formula is C18H24N4O3. The molecule has 1 aliphatic rings. The Labute approximate surface area is 147 Å². The van der Waals surface area contributed by atoms with Crippen molar-refractivity contribution in [1.29, 1.82) is 0 Å². The van der Waals surface area contributed by atoms with Crippen LogP contribution in [0.25, 0.3) is 5.69 Å². The van der Waals surface area contributed by atoms with Gasteiger partial charge in [-0.15, -0.1) is 0 Å². The highest BCUT2D eigenvalue weighted by molar-refractivity contribution is 5.74. The maximum Gasteiger partial charge on any atom is 0.315 e. The van der Waals surface area contributed by atoms with Gasteiger partial charge in [0, 0.05) is 31.8 Å². The number of imidazole rings is 1. The number of hydrogen-bond donors (Lipinski definition) is 2. The third-order valence-corrected chi connectivity index (χ3v) is 4.35. The number of urea groups is 1. The highest BCUT2D eigenvalue weighted by Gasteiger charge is 2.27. The van der Waals surface area contributed by atoms with Crippen LogP contribution in [-0.2, 0) is 9.47 Å². The molecule has 2 aromatic rings. The van der Waals surface area contributed by atoms with Gasteiger partial charge in [-0.05, 0) is 25.5 Å². The molecule has 0 aliphatic carbocycles. The average Bonchev–Trinajstić information content (AvgIpc) is 3.13. The van der Waals surface area contributed by atoms with E-state index in [4.69, 9.17) is 9.47 Å². The van der Waals surface area contributed by atoms with E-state index < -0.39 is 0 Å². The monoisotopic (exact) mass is 344 g/mol. The smallest absolute Gasteiger partial charge is 0.315 e. The summed E-state index contributed by atoms with van der Waals surface area (Å²) in [6.45, 7) is 3.02. The number of methoxy groups -OCH3 is 1. The first-order valence-corrected chi connectivity index (χ1v) is 8.45. The molecule has 7 heteroatoms. The number of ether oxygens (including phenoxy) is 2. The predicted molar refractivity (Wildman–Crippen MR) is 93.7 cm³/mol. The third kappa shape index (κ3) is 4.18. The highest BCUT2D eigenvalue weighted by Crippen LogP contribution is 2.16. The Morgan fingerprint density at radius 3 is 2.96 bits per heavy atom. The summed E-state index contributed by atoms with van der Waals surface area (Å²) >= 11 is 0. The van der Waals surface area contributed by atoms with Crippen molar-refractivity contribution in [1.82, 2.24) is 20.2 Å². The first-order chi connectivity index (χ1) is 12.2. The van der Waals surface area contributed by atoms with Crippen molar-refractivity contribution in [2.45, 2.75) is 31.5 Å². The largest absolute Gasteiger partial charge is 0.379 e. The summed E-state index contributed by atoms with van der Waals surface area (Å²) in [4.78, 5) is 16.8. The molecule has 1 fully saturated rings. The van der Waals surface area contributed by atoms with E-state index in [1.54, 1.807) is 13.3 Å². The first-order valence-electron chi connectivity index (χ1n) is 8.45. The number of carbonyl (C=O) groups excluding carboxylic acids is 1. The van der Waals surface area contributed by atoms with E-state index in [0.717, 1.165) is 17.9 Å². The van der Waals surface area contributed by atoms with Gasteiger partial charge >= 0.3 is 6.03 Å². The Balaban J connectivity index is 1.64. The van der Waals surface area contributed by atoms with Crippen LogP contribution in [0.5, 0.6) is 0 Å². The first kappa shape index (κ1) is 17.4.